The molecule has 0 bridgehead atoms. The average molecular weight is 339 g/mol. The van der Waals surface area contributed by atoms with E-state index in [2.05, 4.69) is 20.6 Å². The third-order valence-corrected chi connectivity index (χ3v) is 3.79. The van der Waals surface area contributed by atoms with Crippen molar-refractivity contribution < 1.29 is 9.32 Å². The molecule has 0 aliphatic heterocycles. The van der Waals surface area contributed by atoms with Gasteiger partial charge in [0.15, 0.2) is 0 Å². The van der Waals surface area contributed by atoms with Crippen LogP contribution in [-0.2, 0) is 11.3 Å². The zero-order valence-corrected chi connectivity index (χ0v) is 14.5. The Labute approximate surface area is 146 Å². The second-order valence-corrected chi connectivity index (χ2v) is 6.33. The molecule has 3 aromatic rings. The zero-order chi connectivity index (χ0) is 17.8. The summed E-state index contributed by atoms with van der Waals surface area (Å²) >= 11 is 0. The van der Waals surface area contributed by atoms with Crippen LogP contribution in [0.2, 0.25) is 0 Å². The van der Waals surface area contributed by atoms with E-state index in [1.165, 1.54) is 0 Å². The van der Waals surface area contributed by atoms with E-state index in [9.17, 15) is 4.79 Å². The van der Waals surface area contributed by atoms with Gasteiger partial charge in [0.25, 0.3) is 0 Å². The van der Waals surface area contributed by atoms with Gasteiger partial charge in [-0.05, 0) is 18.4 Å². The normalized spacial score (nSPS) is 12.3. The molecule has 3 rings (SSSR count). The summed E-state index contributed by atoms with van der Waals surface area (Å²) in [5, 5.41) is 11.1. The highest BCUT2D eigenvalue weighted by molar-refractivity contribution is 5.76. The molecule has 0 saturated heterocycles. The summed E-state index contributed by atoms with van der Waals surface area (Å²) < 4.78 is 7.00. The first-order chi connectivity index (χ1) is 12.0. The first-order valence-electron chi connectivity index (χ1n) is 8.20. The Morgan fingerprint density at radius 1 is 1.28 bits per heavy atom. The Balaban J connectivity index is 1.73. The smallest absolute Gasteiger partial charge is 0.249 e. The number of carbonyl (C=O) groups is 1. The SMILES string of the molecule is Cc1cnn(CC(=O)N[C@H](c2nc(-c3ccccc3)no2)C(C)C)c1. The minimum absolute atomic E-state index is 0.104. The van der Waals surface area contributed by atoms with Crippen LogP contribution in [-0.4, -0.2) is 25.8 Å². The number of aryl methyl sites for hydroxylation is 1. The van der Waals surface area contributed by atoms with Crippen molar-refractivity contribution in [2.45, 2.75) is 33.4 Å². The summed E-state index contributed by atoms with van der Waals surface area (Å²) in [6.07, 6.45) is 3.54. The van der Waals surface area contributed by atoms with Crippen molar-refractivity contribution in [3.05, 3.63) is 54.2 Å². The number of carbonyl (C=O) groups excluding carboxylic acids is 1. The quantitative estimate of drug-likeness (QED) is 0.746. The highest BCUT2D eigenvalue weighted by Gasteiger charge is 2.25. The van der Waals surface area contributed by atoms with Crippen LogP contribution in [0.4, 0.5) is 0 Å². The molecule has 0 aliphatic rings. The number of hydrogen-bond acceptors (Lipinski definition) is 5. The molecule has 7 heteroatoms. The molecule has 1 aromatic carbocycles. The fraction of sp³-hybridized carbons (Fsp3) is 0.333. The largest absolute Gasteiger partial charge is 0.342 e. The summed E-state index contributed by atoms with van der Waals surface area (Å²) in [6.45, 7) is 6.07. The van der Waals surface area contributed by atoms with E-state index in [-0.39, 0.29) is 24.4 Å². The van der Waals surface area contributed by atoms with Crippen LogP contribution in [0.1, 0.15) is 31.3 Å². The molecule has 0 aliphatic carbocycles. The molecule has 1 N–H and O–H groups in total. The molecular formula is C18H21N5O2. The van der Waals surface area contributed by atoms with E-state index in [4.69, 9.17) is 4.52 Å². The van der Waals surface area contributed by atoms with E-state index in [1.54, 1.807) is 10.9 Å². The third-order valence-electron chi connectivity index (χ3n) is 3.79. The predicted molar refractivity (Wildman–Crippen MR) is 92.4 cm³/mol. The Morgan fingerprint density at radius 2 is 2.04 bits per heavy atom. The molecule has 7 nitrogen and oxygen atoms in total. The van der Waals surface area contributed by atoms with Gasteiger partial charge in [-0.3, -0.25) is 9.48 Å². The van der Waals surface area contributed by atoms with Crippen molar-refractivity contribution in [3.63, 3.8) is 0 Å². The number of hydrogen-bond donors (Lipinski definition) is 1. The van der Waals surface area contributed by atoms with Gasteiger partial charge in [-0.25, -0.2) is 0 Å². The lowest BCUT2D eigenvalue weighted by Gasteiger charge is -2.18. The first kappa shape index (κ1) is 16.9. The maximum absolute atomic E-state index is 12.3. The van der Waals surface area contributed by atoms with Crippen LogP contribution in [0, 0.1) is 12.8 Å². The first-order valence-corrected chi connectivity index (χ1v) is 8.20. The van der Waals surface area contributed by atoms with Gasteiger partial charge >= 0.3 is 0 Å². The number of amides is 1. The van der Waals surface area contributed by atoms with E-state index in [0.29, 0.717) is 11.7 Å². The fourth-order valence-electron chi connectivity index (χ4n) is 2.50. The Morgan fingerprint density at radius 3 is 2.68 bits per heavy atom. The molecule has 2 heterocycles. The molecule has 2 aromatic heterocycles. The van der Waals surface area contributed by atoms with E-state index in [0.717, 1.165) is 11.1 Å². The summed E-state index contributed by atoms with van der Waals surface area (Å²) in [7, 11) is 0. The van der Waals surface area contributed by atoms with Crippen molar-refractivity contribution in [2.24, 2.45) is 5.92 Å². The maximum atomic E-state index is 12.3. The van der Waals surface area contributed by atoms with Crippen LogP contribution < -0.4 is 5.32 Å². The average Bonchev–Trinajstić information content (AvgIpc) is 3.22. The minimum atomic E-state index is -0.353. The van der Waals surface area contributed by atoms with Crippen molar-refractivity contribution in [2.75, 3.05) is 0 Å². The monoisotopic (exact) mass is 339 g/mol. The maximum Gasteiger partial charge on any atom is 0.249 e. The second-order valence-electron chi connectivity index (χ2n) is 6.33. The summed E-state index contributed by atoms with van der Waals surface area (Å²) in [5.74, 6) is 0.866. The second kappa shape index (κ2) is 7.29. The molecule has 1 atom stereocenters. The standard InChI is InChI=1S/C18H21N5O2/c1-12(2)16(20-15(24)11-23-10-13(3)9-19-23)18-21-17(22-25-18)14-7-5-4-6-8-14/h4-10,12,16H,11H2,1-3H3,(H,20,24)/t16-/m0/s1. The number of nitrogens with one attached hydrogen (secondary N) is 1. The molecule has 1 amide bonds. The van der Waals surface area contributed by atoms with Crippen LogP contribution in [0.15, 0.2) is 47.2 Å². The summed E-state index contributed by atoms with van der Waals surface area (Å²) in [6, 6.07) is 9.24. The van der Waals surface area contributed by atoms with Crippen molar-refractivity contribution >= 4 is 5.91 Å². The molecule has 130 valence electrons. The molecule has 0 unspecified atom stereocenters. The van der Waals surface area contributed by atoms with Gasteiger partial charge in [0.2, 0.25) is 17.6 Å². The lowest BCUT2D eigenvalue weighted by Crippen LogP contribution is -2.34. The number of nitrogens with zero attached hydrogens (tertiary/aromatic N) is 4. The van der Waals surface area contributed by atoms with Crippen molar-refractivity contribution in [3.8, 4) is 11.4 Å². The van der Waals surface area contributed by atoms with E-state index >= 15 is 0 Å². The van der Waals surface area contributed by atoms with Gasteiger partial charge in [0, 0.05) is 11.8 Å². The zero-order valence-electron chi connectivity index (χ0n) is 14.5. The van der Waals surface area contributed by atoms with Crippen LogP contribution in [0.25, 0.3) is 11.4 Å². The van der Waals surface area contributed by atoms with E-state index < -0.39 is 0 Å². The van der Waals surface area contributed by atoms with Crippen LogP contribution in [0.5, 0.6) is 0 Å². The highest BCUT2D eigenvalue weighted by Crippen LogP contribution is 2.23. The topological polar surface area (TPSA) is 85.8 Å². The molecule has 0 spiro atoms. The van der Waals surface area contributed by atoms with Crippen molar-refractivity contribution in [1.82, 2.24) is 25.2 Å². The highest BCUT2D eigenvalue weighted by atomic mass is 16.5. The van der Waals surface area contributed by atoms with Gasteiger partial charge < -0.3 is 9.84 Å². The lowest BCUT2D eigenvalue weighted by atomic mass is 10.0. The Bertz CT molecular complexity index is 838. The molecule has 0 fully saturated rings. The van der Waals surface area contributed by atoms with Gasteiger partial charge in [-0.2, -0.15) is 10.1 Å². The van der Waals surface area contributed by atoms with E-state index in [1.807, 2.05) is 57.3 Å². The number of benzene rings is 1. The van der Waals surface area contributed by atoms with Gasteiger partial charge in [-0.15, -0.1) is 0 Å². The number of rotatable bonds is 6. The molecule has 0 saturated carbocycles. The minimum Gasteiger partial charge on any atom is -0.342 e. The van der Waals surface area contributed by atoms with Gasteiger partial charge in [0.1, 0.15) is 12.6 Å². The van der Waals surface area contributed by atoms with Crippen molar-refractivity contribution in [1.29, 1.82) is 0 Å². The molecular weight excluding hydrogens is 318 g/mol. The molecule has 25 heavy (non-hydrogen) atoms. The van der Waals surface area contributed by atoms with Gasteiger partial charge in [-0.1, -0.05) is 49.3 Å². The Kier molecular flexibility index (Phi) is 4.92. The summed E-state index contributed by atoms with van der Waals surface area (Å²) in [5.41, 5.74) is 1.89. The third kappa shape index (κ3) is 4.12. The summed E-state index contributed by atoms with van der Waals surface area (Å²) in [4.78, 5) is 16.8. The fourth-order valence-corrected chi connectivity index (χ4v) is 2.50. The van der Waals surface area contributed by atoms with Crippen LogP contribution >= 0.6 is 0 Å². The number of aromatic nitrogens is 4. The van der Waals surface area contributed by atoms with Crippen LogP contribution in [0.3, 0.4) is 0 Å². The Hall–Kier alpha value is -2.96. The lowest BCUT2D eigenvalue weighted by molar-refractivity contribution is -0.123. The predicted octanol–water partition coefficient (Wildman–Crippen LogP) is 2.76. The van der Waals surface area contributed by atoms with Gasteiger partial charge in [0.05, 0.1) is 6.20 Å². The molecule has 0 radical (unpaired) electrons.